The number of ether oxygens (including phenoxy) is 1. The lowest BCUT2D eigenvalue weighted by atomic mass is 10.2. The second kappa shape index (κ2) is 12.5. The number of anilines is 1. The van der Waals surface area contributed by atoms with E-state index in [0.29, 0.717) is 30.4 Å². The van der Waals surface area contributed by atoms with Crippen LogP contribution in [0.4, 0.5) is 16.5 Å². The van der Waals surface area contributed by atoms with E-state index in [0.717, 1.165) is 16.3 Å². The third-order valence-corrected chi connectivity index (χ3v) is 8.91. The Kier molecular flexibility index (Phi) is 9.43. The van der Waals surface area contributed by atoms with Crippen molar-refractivity contribution in [3.05, 3.63) is 112 Å². The molecule has 1 N–H and O–H groups in total. The molecule has 7 nitrogen and oxygen atoms in total. The summed E-state index contributed by atoms with van der Waals surface area (Å²) < 4.78 is 10.6. The third kappa shape index (κ3) is 7.15. The minimum Gasteiger partial charge on any atom is -0.494 e. The molecule has 0 unspecified atom stereocenters. The number of hydrogen-bond donors (Lipinski definition) is 1. The largest absolute Gasteiger partial charge is 0.494 e. The fourth-order valence-electron chi connectivity index (χ4n) is 3.65. The van der Waals surface area contributed by atoms with Crippen molar-refractivity contribution >= 4 is 47.5 Å². The number of hydrogen-bond acceptors (Lipinski definition) is 6. The summed E-state index contributed by atoms with van der Waals surface area (Å²) in [5.41, 5.74) is 2.47. The van der Waals surface area contributed by atoms with Crippen molar-refractivity contribution < 1.29 is 9.66 Å². The summed E-state index contributed by atoms with van der Waals surface area (Å²) in [4.78, 5) is 16.0. The summed E-state index contributed by atoms with van der Waals surface area (Å²) in [5, 5.41) is 18.2. The van der Waals surface area contributed by atoms with Gasteiger partial charge in [0, 0.05) is 23.9 Å². The molecule has 0 fully saturated rings. The van der Waals surface area contributed by atoms with Crippen LogP contribution in [0.1, 0.15) is 18.1 Å². The summed E-state index contributed by atoms with van der Waals surface area (Å²) in [6.45, 7) is 2.27. The Morgan fingerprint density at radius 3 is 2.17 bits per heavy atom. The second-order valence-corrected chi connectivity index (χ2v) is 11.4. The molecular formula is C25H26ClN4O3PS. The van der Waals surface area contributed by atoms with Gasteiger partial charge in [0.1, 0.15) is 11.4 Å². The Morgan fingerprint density at radius 1 is 1.03 bits per heavy atom. The molecule has 0 radical (unpaired) electrons. The maximum atomic E-state index is 12.0. The first-order valence-corrected chi connectivity index (χ1v) is 13.8. The molecule has 0 saturated heterocycles. The number of thiazole rings is 1. The third-order valence-electron chi connectivity index (χ3n) is 5.06. The number of nitrogens with one attached hydrogen (secondary N) is 1. The van der Waals surface area contributed by atoms with Crippen LogP contribution in [0.25, 0.3) is 0 Å². The van der Waals surface area contributed by atoms with Crippen molar-refractivity contribution in [2.24, 2.45) is 4.74 Å². The molecule has 0 aliphatic rings. The number of nitrogens with zero attached hydrogens (tertiary/aromatic N) is 3. The molecule has 4 aromatic rings. The maximum Gasteiger partial charge on any atom is 0.298 e. The summed E-state index contributed by atoms with van der Waals surface area (Å²) >= 11 is 1.49. The zero-order chi connectivity index (χ0) is 23.8. The highest BCUT2D eigenvalue weighted by molar-refractivity contribution is 7.66. The molecule has 0 aliphatic carbocycles. The Bertz CT molecular complexity index is 1240. The van der Waals surface area contributed by atoms with Crippen LogP contribution >= 0.6 is 30.9 Å². The van der Waals surface area contributed by atoms with Crippen LogP contribution in [-0.4, -0.2) is 16.5 Å². The van der Waals surface area contributed by atoms with Crippen LogP contribution in [0.2, 0.25) is 0 Å². The molecule has 0 spiro atoms. The molecule has 4 rings (SSSR count). The summed E-state index contributed by atoms with van der Waals surface area (Å²) in [6, 6.07) is 25.0. The number of benzene rings is 3. The van der Waals surface area contributed by atoms with Crippen molar-refractivity contribution in [2.75, 3.05) is 11.7 Å². The first kappa shape index (κ1) is 26.4. The van der Waals surface area contributed by atoms with Crippen LogP contribution < -0.4 is 9.82 Å². The molecule has 0 atom stereocenters. The molecule has 0 aliphatic heterocycles. The molecule has 1 aromatic heterocycles. The maximum absolute atomic E-state index is 12.0. The number of halogens is 1. The lowest BCUT2D eigenvalue weighted by Crippen LogP contribution is -2.04. The van der Waals surface area contributed by atoms with Gasteiger partial charge in [0.05, 0.1) is 24.8 Å². The molecule has 1 heterocycles. The van der Waals surface area contributed by atoms with Crippen molar-refractivity contribution in [3.8, 4) is 5.75 Å². The highest BCUT2D eigenvalue weighted by Crippen LogP contribution is 2.58. The quantitative estimate of drug-likeness (QED) is 0.127. The fourth-order valence-corrected chi connectivity index (χ4v) is 7.83. The highest BCUT2D eigenvalue weighted by Gasteiger charge is 2.25. The van der Waals surface area contributed by atoms with Crippen molar-refractivity contribution in [2.45, 2.75) is 19.2 Å². The van der Waals surface area contributed by atoms with E-state index in [2.05, 4.69) is 34.3 Å². The van der Waals surface area contributed by atoms with Gasteiger partial charge in [0.15, 0.2) is 5.13 Å². The average molecular weight is 529 g/mol. The molecule has 0 amide bonds. The van der Waals surface area contributed by atoms with Gasteiger partial charge in [-0.15, -0.1) is 23.7 Å². The van der Waals surface area contributed by atoms with E-state index in [-0.39, 0.29) is 18.1 Å². The van der Waals surface area contributed by atoms with Gasteiger partial charge >= 0.3 is 0 Å². The van der Waals surface area contributed by atoms with E-state index in [1.54, 1.807) is 18.3 Å². The van der Waals surface area contributed by atoms with Gasteiger partial charge in [-0.1, -0.05) is 60.7 Å². The first-order chi connectivity index (χ1) is 16.6. The van der Waals surface area contributed by atoms with E-state index in [9.17, 15) is 10.1 Å². The van der Waals surface area contributed by atoms with Crippen LogP contribution in [0, 0.1) is 10.1 Å². The van der Waals surface area contributed by atoms with Gasteiger partial charge in [-0.2, -0.15) is 0 Å². The molecule has 35 heavy (non-hydrogen) atoms. The average Bonchev–Trinajstić information content (AvgIpc) is 3.34. The van der Waals surface area contributed by atoms with Crippen LogP contribution in [0.15, 0.2) is 95.2 Å². The summed E-state index contributed by atoms with van der Waals surface area (Å²) in [7, 11) is -2.47. The predicted molar refractivity (Wildman–Crippen MR) is 147 cm³/mol. The molecular weight excluding hydrogens is 503 g/mol. The van der Waals surface area contributed by atoms with E-state index in [1.165, 1.54) is 17.4 Å². The SMILES string of the molecule is CCOc1ccc(N=P(Cc2ccccc2)(Cc2ccccc2)Nc2nccs2)c([N+](=O)[O-])c1.Cl. The molecule has 10 heteroatoms. The van der Waals surface area contributed by atoms with Gasteiger partial charge in [0.2, 0.25) is 0 Å². The van der Waals surface area contributed by atoms with Crippen molar-refractivity contribution in [1.82, 2.24) is 4.98 Å². The lowest BCUT2D eigenvalue weighted by Gasteiger charge is -2.26. The molecule has 182 valence electrons. The normalized spacial score (nSPS) is 10.8. The highest BCUT2D eigenvalue weighted by atomic mass is 35.5. The van der Waals surface area contributed by atoms with E-state index < -0.39 is 12.1 Å². The second-order valence-electron chi connectivity index (χ2n) is 7.60. The van der Waals surface area contributed by atoms with E-state index >= 15 is 0 Å². The predicted octanol–water partition coefficient (Wildman–Crippen LogP) is 8.13. The van der Waals surface area contributed by atoms with E-state index in [1.807, 2.05) is 48.7 Å². The number of nitro benzene ring substituents is 1. The number of nitro groups is 1. The Morgan fingerprint density at radius 2 is 1.66 bits per heavy atom. The summed E-state index contributed by atoms with van der Waals surface area (Å²) in [6.07, 6.45) is 2.98. The number of aromatic nitrogens is 1. The van der Waals surface area contributed by atoms with Gasteiger partial charge < -0.3 is 9.82 Å². The number of rotatable bonds is 10. The Labute approximate surface area is 214 Å². The van der Waals surface area contributed by atoms with Crippen LogP contribution in [0.3, 0.4) is 0 Å². The van der Waals surface area contributed by atoms with Gasteiger partial charge in [-0.25, -0.2) is 9.73 Å². The standard InChI is InChI=1S/C25H25N4O3PS.ClH/c1-2-32-22-13-14-23(24(17-22)29(30)31)27-33(28-25-26-15-16-34-25,18-20-9-5-3-6-10-20)19-21-11-7-4-8-12-21;/h3-17H,2,18-19H2,1H3,(H,26,28);1H. The first-order valence-electron chi connectivity index (χ1n) is 10.8. The lowest BCUT2D eigenvalue weighted by molar-refractivity contribution is -0.384. The topological polar surface area (TPSA) is 89.7 Å². The Balaban J connectivity index is 0.00000342. The molecule has 0 bridgehead atoms. The van der Waals surface area contributed by atoms with Crippen LogP contribution in [0.5, 0.6) is 5.75 Å². The fraction of sp³-hybridized carbons (Fsp3) is 0.160. The van der Waals surface area contributed by atoms with Gasteiger partial charge in [-0.3, -0.25) is 10.1 Å². The molecule has 3 aromatic carbocycles. The monoisotopic (exact) mass is 528 g/mol. The minimum atomic E-state index is -2.47. The summed E-state index contributed by atoms with van der Waals surface area (Å²) in [5.74, 6) is 0.455. The minimum absolute atomic E-state index is 0. The van der Waals surface area contributed by atoms with E-state index in [4.69, 9.17) is 9.48 Å². The van der Waals surface area contributed by atoms with Crippen molar-refractivity contribution in [3.63, 3.8) is 0 Å². The van der Waals surface area contributed by atoms with Gasteiger partial charge in [-0.05, 0) is 30.2 Å². The zero-order valence-corrected chi connectivity index (χ0v) is 21.6. The van der Waals surface area contributed by atoms with Crippen molar-refractivity contribution in [1.29, 1.82) is 0 Å². The van der Waals surface area contributed by atoms with Gasteiger partial charge in [0.25, 0.3) is 5.69 Å². The molecule has 0 saturated carbocycles. The zero-order valence-electron chi connectivity index (χ0n) is 19.1. The smallest absolute Gasteiger partial charge is 0.298 e. The van der Waals surface area contributed by atoms with Crippen LogP contribution in [-0.2, 0) is 12.3 Å². The Hall–Kier alpha value is -3.19.